The standard InChI is InChI=1S/C17H20O2S/c1-13(2)14-3-7-16(8-4-14)19-11-12-20-17-9-5-15(18)6-10-17/h3-10,13,18H,11-12H2,1-2H3. The van der Waals surface area contributed by atoms with Crippen molar-refractivity contribution in [3.8, 4) is 11.5 Å². The predicted octanol–water partition coefficient (Wildman–Crippen LogP) is 4.69. The van der Waals surface area contributed by atoms with E-state index in [2.05, 4.69) is 26.0 Å². The van der Waals surface area contributed by atoms with Crippen LogP contribution in [0.3, 0.4) is 0 Å². The third-order valence-corrected chi connectivity index (χ3v) is 3.98. The van der Waals surface area contributed by atoms with E-state index < -0.39 is 0 Å². The lowest BCUT2D eigenvalue weighted by atomic mass is 10.0. The summed E-state index contributed by atoms with van der Waals surface area (Å²) in [4.78, 5) is 1.14. The first-order valence-electron chi connectivity index (χ1n) is 6.80. The van der Waals surface area contributed by atoms with Gasteiger partial charge >= 0.3 is 0 Å². The number of hydrogen-bond donors (Lipinski definition) is 1. The molecule has 0 bridgehead atoms. The van der Waals surface area contributed by atoms with E-state index in [1.165, 1.54) is 5.56 Å². The van der Waals surface area contributed by atoms with Gasteiger partial charge < -0.3 is 9.84 Å². The molecule has 0 aliphatic carbocycles. The van der Waals surface area contributed by atoms with Crippen molar-refractivity contribution >= 4 is 11.8 Å². The maximum Gasteiger partial charge on any atom is 0.119 e. The molecule has 3 heteroatoms. The zero-order valence-electron chi connectivity index (χ0n) is 11.9. The van der Waals surface area contributed by atoms with Gasteiger partial charge in [0.15, 0.2) is 0 Å². The highest BCUT2D eigenvalue weighted by Crippen LogP contribution is 2.22. The van der Waals surface area contributed by atoms with Crippen LogP contribution in [0.1, 0.15) is 25.3 Å². The first-order chi connectivity index (χ1) is 9.65. The lowest BCUT2D eigenvalue weighted by Crippen LogP contribution is -2.00. The summed E-state index contributed by atoms with van der Waals surface area (Å²) >= 11 is 1.72. The maximum absolute atomic E-state index is 9.20. The van der Waals surface area contributed by atoms with Crippen LogP contribution in [0.4, 0.5) is 0 Å². The van der Waals surface area contributed by atoms with E-state index in [-0.39, 0.29) is 0 Å². The fourth-order valence-electron chi connectivity index (χ4n) is 1.81. The highest BCUT2D eigenvalue weighted by molar-refractivity contribution is 7.99. The Morgan fingerprint density at radius 3 is 2.25 bits per heavy atom. The minimum atomic E-state index is 0.302. The molecule has 0 amide bonds. The number of thioether (sulfide) groups is 1. The molecular weight excluding hydrogens is 268 g/mol. The van der Waals surface area contributed by atoms with Crippen LogP contribution in [0.5, 0.6) is 11.5 Å². The van der Waals surface area contributed by atoms with Gasteiger partial charge in [0.25, 0.3) is 0 Å². The van der Waals surface area contributed by atoms with Crippen LogP contribution in [-0.2, 0) is 0 Å². The fourth-order valence-corrected chi connectivity index (χ4v) is 2.54. The SMILES string of the molecule is CC(C)c1ccc(OCCSc2ccc(O)cc2)cc1. The number of aromatic hydroxyl groups is 1. The van der Waals surface area contributed by atoms with Gasteiger partial charge in [0.2, 0.25) is 0 Å². The van der Waals surface area contributed by atoms with Crippen molar-refractivity contribution in [3.63, 3.8) is 0 Å². The summed E-state index contributed by atoms with van der Waals surface area (Å²) in [5.74, 6) is 2.65. The zero-order chi connectivity index (χ0) is 14.4. The van der Waals surface area contributed by atoms with E-state index in [4.69, 9.17) is 4.74 Å². The number of ether oxygens (including phenoxy) is 1. The smallest absolute Gasteiger partial charge is 0.119 e. The second-order valence-corrected chi connectivity index (χ2v) is 6.08. The van der Waals surface area contributed by atoms with Crippen LogP contribution in [0, 0.1) is 0 Å². The molecule has 0 heterocycles. The van der Waals surface area contributed by atoms with Gasteiger partial charge in [-0.1, -0.05) is 26.0 Å². The lowest BCUT2D eigenvalue weighted by molar-refractivity contribution is 0.344. The van der Waals surface area contributed by atoms with Crippen molar-refractivity contribution in [1.82, 2.24) is 0 Å². The molecular formula is C17H20O2S. The van der Waals surface area contributed by atoms with E-state index in [9.17, 15) is 5.11 Å². The normalized spacial score (nSPS) is 10.8. The molecule has 0 aliphatic heterocycles. The number of rotatable bonds is 6. The summed E-state index contributed by atoms with van der Waals surface area (Å²) in [6, 6.07) is 15.5. The number of hydrogen-bond acceptors (Lipinski definition) is 3. The Labute approximate surface area is 124 Å². The highest BCUT2D eigenvalue weighted by Gasteiger charge is 2.00. The van der Waals surface area contributed by atoms with E-state index in [0.29, 0.717) is 18.3 Å². The predicted molar refractivity (Wildman–Crippen MR) is 84.9 cm³/mol. The van der Waals surface area contributed by atoms with Gasteiger partial charge in [0.05, 0.1) is 6.61 Å². The van der Waals surface area contributed by atoms with Crippen LogP contribution in [0.2, 0.25) is 0 Å². The van der Waals surface area contributed by atoms with Crippen LogP contribution < -0.4 is 4.74 Å². The summed E-state index contributed by atoms with van der Waals surface area (Å²) in [7, 11) is 0. The quantitative estimate of drug-likeness (QED) is 0.618. The van der Waals surface area contributed by atoms with Gasteiger partial charge in [-0.25, -0.2) is 0 Å². The van der Waals surface area contributed by atoms with Crippen LogP contribution in [0.25, 0.3) is 0 Å². The highest BCUT2D eigenvalue weighted by atomic mass is 32.2. The average molecular weight is 288 g/mol. The van der Waals surface area contributed by atoms with Crippen molar-refractivity contribution < 1.29 is 9.84 Å². The first kappa shape index (κ1) is 14.8. The third-order valence-electron chi connectivity index (χ3n) is 3.00. The molecule has 0 saturated carbocycles. The summed E-state index contributed by atoms with van der Waals surface area (Å²) in [5, 5.41) is 9.20. The molecule has 2 rings (SSSR count). The van der Waals surface area contributed by atoms with Crippen molar-refractivity contribution in [2.45, 2.75) is 24.7 Å². The van der Waals surface area contributed by atoms with Crippen molar-refractivity contribution in [2.75, 3.05) is 12.4 Å². The zero-order valence-corrected chi connectivity index (χ0v) is 12.7. The molecule has 2 aromatic carbocycles. The van der Waals surface area contributed by atoms with Crippen LogP contribution in [0.15, 0.2) is 53.4 Å². The second-order valence-electron chi connectivity index (χ2n) is 4.91. The van der Waals surface area contributed by atoms with Crippen LogP contribution >= 0.6 is 11.8 Å². The van der Waals surface area contributed by atoms with E-state index in [1.54, 1.807) is 23.9 Å². The Balaban J connectivity index is 1.74. The van der Waals surface area contributed by atoms with Gasteiger partial charge in [0, 0.05) is 10.6 Å². The molecule has 0 atom stereocenters. The van der Waals surface area contributed by atoms with Crippen molar-refractivity contribution in [3.05, 3.63) is 54.1 Å². The summed E-state index contributed by atoms with van der Waals surface area (Å²) in [6.45, 7) is 5.04. The lowest BCUT2D eigenvalue weighted by Gasteiger charge is -2.09. The van der Waals surface area contributed by atoms with Gasteiger partial charge in [0.1, 0.15) is 11.5 Å². The summed E-state index contributed by atoms with van der Waals surface area (Å²) in [6.07, 6.45) is 0. The van der Waals surface area contributed by atoms with E-state index in [1.807, 2.05) is 24.3 Å². The Morgan fingerprint density at radius 2 is 1.65 bits per heavy atom. The van der Waals surface area contributed by atoms with Crippen LogP contribution in [-0.4, -0.2) is 17.5 Å². The van der Waals surface area contributed by atoms with E-state index >= 15 is 0 Å². The molecule has 0 aromatic heterocycles. The molecule has 0 spiro atoms. The topological polar surface area (TPSA) is 29.5 Å². The maximum atomic E-state index is 9.20. The molecule has 106 valence electrons. The molecule has 0 radical (unpaired) electrons. The molecule has 20 heavy (non-hydrogen) atoms. The summed E-state index contributed by atoms with van der Waals surface area (Å²) in [5.41, 5.74) is 1.33. The fraction of sp³-hybridized carbons (Fsp3) is 0.294. The minimum Gasteiger partial charge on any atom is -0.508 e. The Bertz CT molecular complexity index is 518. The van der Waals surface area contributed by atoms with Crippen molar-refractivity contribution in [2.24, 2.45) is 0 Å². The number of phenols is 1. The van der Waals surface area contributed by atoms with E-state index in [0.717, 1.165) is 16.4 Å². The number of phenolic OH excluding ortho intramolecular Hbond substituents is 1. The Morgan fingerprint density at radius 1 is 1.00 bits per heavy atom. The first-order valence-corrected chi connectivity index (χ1v) is 7.78. The minimum absolute atomic E-state index is 0.302. The largest absolute Gasteiger partial charge is 0.508 e. The molecule has 2 aromatic rings. The van der Waals surface area contributed by atoms with Crippen molar-refractivity contribution in [1.29, 1.82) is 0 Å². The Hall–Kier alpha value is -1.61. The third kappa shape index (κ3) is 4.49. The molecule has 0 fully saturated rings. The number of benzene rings is 2. The molecule has 2 nitrogen and oxygen atoms in total. The van der Waals surface area contributed by atoms with Gasteiger partial charge in [-0.3, -0.25) is 0 Å². The second kappa shape index (κ2) is 7.25. The van der Waals surface area contributed by atoms with Gasteiger partial charge in [-0.05, 0) is 47.9 Å². The monoisotopic (exact) mass is 288 g/mol. The summed E-state index contributed by atoms with van der Waals surface area (Å²) < 4.78 is 5.72. The Kier molecular flexibility index (Phi) is 5.36. The van der Waals surface area contributed by atoms with Gasteiger partial charge in [-0.2, -0.15) is 0 Å². The molecule has 0 aliphatic rings. The van der Waals surface area contributed by atoms with Gasteiger partial charge in [-0.15, -0.1) is 11.8 Å². The average Bonchev–Trinajstić information content (AvgIpc) is 2.46. The molecule has 1 N–H and O–H groups in total. The molecule has 0 saturated heterocycles. The molecule has 0 unspecified atom stereocenters.